The van der Waals surface area contributed by atoms with Crippen molar-refractivity contribution in [1.29, 1.82) is 0 Å². The SMILES string of the molecule is CC#CCCN1CC(CN)CCC1C. The standard InChI is InChI=1S/C12H22N2/c1-3-4-5-8-14-10-12(9-13)7-6-11(14)2/h11-12H,5-10,13H2,1-2H3. The molecule has 0 aromatic carbocycles. The monoisotopic (exact) mass is 194 g/mol. The Kier molecular flexibility index (Phi) is 5.00. The molecule has 2 nitrogen and oxygen atoms in total. The second-order valence-corrected chi connectivity index (χ2v) is 4.20. The van der Waals surface area contributed by atoms with Crippen LogP contribution in [0.25, 0.3) is 0 Å². The highest BCUT2D eigenvalue weighted by Gasteiger charge is 2.23. The Bertz CT molecular complexity index is 214. The topological polar surface area (TPSA) is 29.3 Å². The Morgan fingerprint density at radius 2 is 2.21 bits per heavy atom. The third-order valence-corrected chi connectivity index (χ3v) is 3.14. The van der Waals surface area contributed by atoms with Gasteiger partial charge in [0.15, 0.2) is 0 Å². The second kappa shape index (κ2) is 6.06. The number of nitrogens with zero attached hydrogens (tertiary/aromatic N) is 1. The van der Waals surface area contributed by atoms with E-state index in [0.717, 1.165) is 25.6 Å². The minimum absolute atomic E-state index is 0.709. The number of hydrogen-bond donors (Lipinski definition) is 1. The van der Waals surface area contributed by atoms with Gasteiger partial charge in [0, 0.05) is 25.6 Å². The van der Waals surface area contributed by atoms with E-state index in [2.05, 4.69) is 23.7 Å². The summed E-state index contributed by atoms with van der Waals surface area (Å²) >= 11 is 0. The van der Waals surface area contributed by atoms with E-state index >= 15 is 0 Å². The summed E-state index contributed by atoms with van der Waals surface area (Å²) in [7, 11) is 0. The van der Waals surface area contributed by atoms with Gasteiger partial charge in [-0.15, -0.1) is 11.8 Å². The Hall–Kier alpha value is -0.520. The van der Waals surface area contributed by atoms with E-state index in [1.807, 2.05) is 6.92 Å². The molecule has 1 saturated heterocycles. The fourth-order valence-corrected chi connectivity index (χ4v) is 2.09. The van der Waals surface area contributed by atoms with Gasteiger partial charge in [-0.05, 0) is 39.2 Å². The molecule has 0 amide bonds. The largest absolute Gasteiger partial charge is 0.330 e. The van der Waals surface area contributed by atoms with Crippen molar-refractivity contribution in [2.75, 3.05) is 19.6 Å². The van der Waals surface area contributed by atoms with Crippen molar-refractivity contribution in [3.63, 3.8) is 0 Å². The molecule has 2 unspecified atom stereocenters. The van der Waals surface area contributed by atoms with Gasteiger partial charge in [0.1, 0.15) is 0 Å². The number of nitrogens with two attached hydrogens (primary N) is 1. The molecule has 2 atom stereocenters. The first-order chi connectivity index (χ1) is 6.77. The number of rotatable bonds is 3. The molecular weight excluding hydrogens is 172 g/mol. The minimum Gasteiger partial charge on any atom is -0.330 e. The molecule has 2 N–H and O–H groups in total. The number of piperidine rings is 1. The molecule has 80 valence electrons. The molecule has 1 aliphatic heterocycles. The van der Waals surface area contributed by atoms with Crippen LogP contribution in [0.3, 0.4) is 0 Å². The smallest absolute Gasteiger partial charge is 0.0217 e. The number of hydrogen-bond acceptors (Lipinski definition) is 2. The van der Waals surface area contributed by atoms with Crippen LogP contribution in [0.1, 0.15) is 33.1 Å². The van der Waals surface area contributed by atoms with E-state index < -0.39 is 0 Å². The minimum atomic E-state index is 0.709. The van der Waals surface area contributed by atoms with Crippen molar-refractivity contribution in [3.05, 3.63) is 0 Å². The molecule has 0 aromatic heterocycles. The normalized spacial score (nSPS) is 28.2. The highest BCUT2D eigenvalue weighted by Crippen LogP contribution is 2.20. The second-order valence-electron chi connectivity index (χ2n) is 4.20. The summed E-state index contributed by atoms with van der Waals surface area (Å²) in [5.41, 5.74) is 5.71. The van der Waals surface area contributed by atoms with Crippen molar-refractivity contribution in [1.82, 2.24) is 4.90 Å². The summed E-state index contributed by atoms with van der Waals surface area (Å²) in [5.74, 6) is 6.78. The van der Waals surface area contributed by atoms with Crippen LogP contribution in [0.4, 0.5) is 0 Å². The van der Waals surface area contributed by atoms with Gasteiger partial charge in [-0.1, -0.05) is 0 Å². The average molecular weight is 194 g/mol. The average Bonchev–Trinajstić information content (AvgIpc) is 2.21. The van der Waals surface area contributed by atoms with E-state index in [0.29, 0.717) is 5.92 Å². The maximum atomic E-state index is 5.71. The van der Waals surface area contributed by atoms with E-state index in [4.69, 9.17) is 5.73 Å². The maximum Gasteiger partial charge on any atom is 0.0217 e. The summed E-state index contributed by atoms with van der Waals surface area (Å²) in [4.78, 5) is 2.53. The van der Waals surface area contributed by atoms with E-state index in [9.17, 15) is 0 Å². The fourth-order valence-electron chi connectivity index (χ4n) is 2.09. The van der Waals surface area contributed by atoms with Gasteiger partial charge in [-0.3, -0.25) is 4.90 Å². The van der Waals surface area contributed by atoms with Crippen molar-refractivity contribution < 1.29 is 0 Å². The van der Waals surface area contributed by atoms with Crippen LogP contribution in [0.5, 0.6) is 0 Å². The molecule has 2 heteroatoms. The quantitative estimate of drug-likeness (QED) is 0.689. The molecule has 0 aliphatic carbocycles. The first kappa shape index (κ1) is 11.6. The van der Waals surface area contributed by atoms with Gasteiger partial charge in [-0.25, -0.2) is 0 Å². The first-order valence-electron chi connectivity index (χ1n) is 5.61. The zero-order valence-corrected chi connectivity index (χ0v) is 9.42. The lowest BCUT2D eigenvalue weighted by Crippen LogP contribution is -2.44. The summed E-state index contributed by atoms with van der Waals surface area (Å²) in [6, 6.07) is 0.719. The predicted molar refractivity (Wildman–Crippen MR) is 60.9 cm³/mol. The Morgan fingerprint density at radius 3 is 2.86 bits per heavy atom. The van der Waals surface area contributed by atoms with Gasteiger partial charge in [0.2, 0.25) is 0 Å². The molecule has 1 heterocycles. The lowest BCUT2D eigenvalue weighted by Gasteiger charge is -2.37. The van der Waals surface area contributed by atoms with E-state index in [1.54, 1.807) is 0 Å². The van der Waals surface area contributed by atoms with Gasteiger partial charge >= 0.3 is 0 Å². The van der Waals surface area contributed by atoms with Crippen LogP contribution in [-0.2, 0) is 0 Å². The third kappa shape index (κ3) is 3.32. The Labute approximate surface area is 87.8 Å². The van der Waals surface area contributed by atoms with Crippen molar-refractivity contribution in [3.8, 4) is 11.8 Å². The summed E-state index contributed by atoms with van der Waals surface area (Å²) in [6.07, 6.45) is 3.59. The van der Waals surface area contributed by atoms with E-state index in [1.165, 1.54) is 19.4 Å². The molecule has 14 heavy (non-hydrogen) atoms. The van der Waals surface area contributed by atoms with Crippen LogP contribution in [-0.4, -0.2) is 30.6 Å². The van der Waals surface area contributed by atoms with Gasteiger partial charge in [0.05, 0.1) is 0 Å². The van der Waals surface area contributed by atoms with E-state index in [-0.39, 0.29) is 0 Å². The predicted octanol–water partition coefficient (Wildman–Crippen LogP) is 1.46. The van der Waals surface area contributed by atoms with Gasteiger partial charge < -0.3 is 5.73 Å². The summed E-state index contributed by atoms with van der Waals surface area (Å²) in [6.45, 7) is 7.33. The lowest BCUT2D eigenvalue weighted by atomic mass is 9.93. The Morgan fingerprint density at radius 1 is 1.43 bits per heavy atom. The molecule has 0 aromatic rings. The third-order valence-electron chi connectivity index (χ3n) is 3.14. The summed E-state index contributed by atoms with van der Waals surface area (Å²) in [5, 5.41) is 0. The van der Waals surface area contributed by atoms with Crippen molar-refractivity contribution in [2.45, 2.75) is 39.2 Å². The lowest BCUT2D eigenvalue weighted by molar-refractivity contribution is 0.124. The molecule has 1 fully saturated rings. The van der Waals surface area contributed by atoms with Crippen LogP contribution < -0.4 is 5.73 Å². The van der Waals surface area contributed by atoms with Gasteiger partial charge in [0.25, 0.3) is 0 Å². The molecule has 0 saturated carbocycles. The highest BCUT2D eigenvalue weighted by atomic mass is 15.2. The van der Waals surface area contributed by atoms with Crippen LogP contribution in [0.2, 0.25) is 0 Å². The molecule has 0 spiro atoms. The summed E-state index contributed by atoms with van der Waals surface area (Å²) < 4.78 is 0. The molecule has 0 bridgehead atoms. The highest BCUT2D eigenvalue weighted by molar-refractivity contribution is 4.96. The Balaban J connectivity index is 2.34. The van der Waals surface area contributed by atoms with Crippen molar-refractivity contribution in [2.24, 2.45) is 11.7 Å². The maximum absolute atomic E-state index is 5.71. The van der Waals surface area contributed by atoms with Crippen LogP contribution >= 0.6 is 0 Å². The molecule has 1 aliphatic rings. The van der Waals surface area contributed by atoms with Crippen molar-refractivity contribution >= 4 is 0 Å². The van der Waals surface area contributed by atoms with Crippen LogP contribution in [0, 0.1) is 17.8 Å². The number of likely N-dealkylation sites (tertiary alicyclic amines) is 1. The zero-order chi connectivity index (χ0) is 10.4. The first-order valence-corrected chi connectivity index (χ1v) is 5.61. The fraction of sp³-hybridized carbons (Fsp3) is 0.833. The molecule has 1 rings (SSSR count). The van der Waals surface area contributed by atoms with Gasteiger partial charge in [-0.2, -0.15) is 0 Å². The van der Waals surface area contributed by atoms with Crippen LogP contribution in [0.15, 0.2) is 0 Å². The zero-order valence-electron chi connectivity index (χ0n) is 9.42. The molecule has 0 radical (unpaired) electrons. The molecular formula is C12H22N2.